The van der Waals surface area contributed by atoms with Gasteiger partial charge in [0, 0.05) is 49.6 Å². The Labute approximate surface area is 194 Å². The number of piperidine rings is 1. The number of carbonyl (C=O) groups excluding carboxylic acids is 1. The molecule has 0 aliphatic carbocycles. The molecule has 0 saturated carbocycles. The molecule has 0 bridgehead atoms. The quantitative estimate of drug-likeness (QED) is 0.649. The minimum Gasteiger partial charge on any atom is -0.369 e. The summed E-state index contributed by atoms with van der Waals surface area (Å²) in [5, 5.41) is 3.46. The van der Waals surface area contributed by atoms with E-state index in [2.05, 4.69) is 15.2 Å². The maximum Gasteiger partial charge on any atom is 0.419 e. The lowest BCUT2D eigenvalue weighted by Gasteiger charge is -2.34. The highest BCUT2D eigenvalue weighted by Crippen LogP contribution is 2.37. The molecule has 1 aromatic heterocycles. The summed E-state index contributed by atoms with van der Waals surface area (Å²) in [5.41, 5.74) is 0.754. The number of hydrogen-bond acceptors (Lipinski definition) is 5. The van der Waals surface area contributed by atoms with Crippen molar-refractivity contribution in [3.8, 4) is 0 Å². The predicted molar refractivity (Wildman–Crippen MR) is 124 cm³/mol. The molecule has 5 nitrogen and oxygen atoms in total. The van der Waals surface area contributed by atoms with Gasteiger partial charge in [-0.2, -0.15) is 24.9 Å². The number of hydrogen-bond donors (Lipinski definition) is 1. The number of alkyl halides is 3. The number of nitrogens with zero attached hydrogens (tertiary/aromatic N) is 3. The molecule has 0 spiro atoms. The third kappa shape index (κ3) is 5.26. The van der Waals surface area contributed by atoms with Crippen LogP contribution in [0.4, 0.5) is 30.4 Å². The summed E-state index contributed by atoms with van der Waals surface area (Å²) in [6.45, 7) is 2.48. The van der Waals surface area contributed by atoms with Crippen molar-refractivity contribution in [1.82, 2.24) is 4.98 Å². The van der Waals surface area contributed by atoms with E-state index >= 15 is 0 Å². The lowest BCUT2D eigenvalue weighted by Crippen LogP contribution is -2.42. The fraction of sp³-hybridized carbons (Fsp3) is 0.455. The highest BCUT2D eigenvalue weighted by Gasteiger charge is 2.37. The highest BCUT2D eigenvalue weighted by molar-refractivity contribution is 7.99. The van der Waals surface area contributed by atoms with E-state index in [0.717, 1.165) is 36.3 Å². The Kier molecular flexibility index (Phi) is 7.05. The first-order chi connectivity index (χ1) is 15.3. The lowest BCUT2D eigenvalue weighted by atomic mass is 9.96. The molecule has 1 atom stereocenters. The van der Waals surface area contributed by atoms with E-state index in [1.807, 2.05) is 23.9 Å². The second-order valence-electron chi connectivity index (χ2n) is 7.91. The van der Waals surface area contributed by atoms with E-state index in [1.165, 1.54) is 12.3 Å². The molecule has 2 saturated heterocycles. The lowest BCUT2D eigenvalue weighted by molar-refractivity contribution is -0.137. The van der Waals surface area contributed by atoms with Gasteiger partial charge in [-0.25, -0.2) is 4.98 Å². The van der Waals surface area contributed by atoms with E-state index < -0.39 is 17.7 Å². The molecule has 1 aromatic carbocycles. The number of rotatable bonds is 4. The average Bonchev–Trinajstić information content (AvgIpc) is 2.79. The van der Waals surface area contributed by atoms with Crippen LogP contribution in [0.5, 0.6) is 0 Å². The topological polar surface area (TPSA) is 48.5 Å². The molecule has 3 heterocycles. The predicted octanol–water partition coefficient (Wildman–Crippen LogP) is 5.16. The van der Waals surface area contributed by atoms with Gasteiger partial charge < -0.3 is 15.1 Å². The third-order valence-corrected chi connectivity index (χ3v) is 7.00. The zero-order valence-corrected chi connectivity index (χ0v) is 18.9. The normalized spacial score (nSPS) is 19.7. The minimum absolute atomic E-state index is 0.121. The summed E-state index contributed by atoms with van der Waals surface area (Å²) in [7, 11) is 0. The Bertz CT molecular complexity index is 968. The van der Waals surface area contributed by atoms with E-state index in [-0.39, 0.29) is 18.3 Å². The van der Waals surface area contributed by atoms with Gasteiger partial charge in [0.05, 0.1) is 22.2 Å². The first-order valence-electron chi connectivity index (χ1n) is 10.5. The van der Waals surface area contributed by atoms with Crippen molar-refractivity contribution in [2.75, 3.05) is 52.8 Å². The van der Waals surface area contributed by atoms with Crippen molar-refractivity contribution >= 4 is 46.5 Å². The number of nitrogens with one attached hydrogen (secondary N) is 1. The van der Waals surface area contributed by atoms with Crippen molar-refractivity contribution in [3.05, 3.63) is 47.1 Å². The fourth-order valence-corrected chi connectivity index (χ4v) is 5.35. The minimum atomic E-state index is -4.50. The number of pyridine rings is 1. The Morgan fingerprint density at radius 3 is 2.66 bits per heavy atom. The number of thioether (sulfide) groups is 1. The Balaban J connectivity index is 1.44. The van der Waals surface area contributed by atoms with E-state index in [0.29, 0.717) is 30.1 Å². The van der Waals surface area contributed by atoms with Crippen molar-refractivity contribution in [3.63, 3.8) is 0 Å². The van der Waals surface area contributed by atoms with Crippen LogP contribution < -0.4 is 15.1 Å². The molecule has 1 N–H and O–H groups in total. The molecule has 1 amide bonds. The van der Waals surface area contributed by atoms with Crippen LogP contribution in [-0.2, 0) is 11.0 Å². The van der Waals surface area contributed by atoms with Crippen molar-refractivity contribution in [1.29, 1.82) is 0 Å². The summed E-state index contributed by atoms with van der Waals surface area (Å²) < 4.78 is 40.2. The van der Waals surface area contributed by atoms with Gasteiger partial charge in [-0.3, -0.25) is 4.79 Å². The van der Waals surface area contributed by atoms with Crippen LogP contribution in [0.15, 0.2) is 36.5 Å². The third-order valence-electron chi connectivity index (χ3n) is 5.75. The molecule has 1 unspecified atom stereocenters. The van der Waals surface area contributed by atoms with Crippen molar-refractivity contribution < 1.29 is 18.0 Å². The average molecular weight is 485 g/mol. The highest BCUT2D eigenvalue weighted by atomic mass is 35.5. The van der Waals surface area contributed by atoms with Gasteiger partial charge >= 0.3 is 6.18 Å². The standard InChI is InChI=1S/C22H24ClF3N4OS/c23-18-13-16(5-6-19(18)29-9-11-32-12-10-29)28-21(31)15-3-2-8-30(14-15)20-17(22(24,25)26)4-1-7-27-20/h1,4-7,13,15H,2-3,8-12,14H2,(H,28,31). The van der Waals surface area contributed by atoms with E-state index in [9.17, 15) is 18.0 Å². The van der Waals surface area contributed by atoms with Gasteiger partial charge in [-0.15, -0.1) is 0 Å². The van der Waals surface area contributed by atoms with Crippen LogP contribution in [0, 0.1) is 5.92 Å². The largest absolute Gasteiger partial charge is 0.419 e. The molecule has 0 radical (unpaired) electrons. The SMILES string of the molecule is O=C(Nc1ccc(N2CCSCC2)c(Cl)c1)C1CCCN(c2ncccc2C(F)(F)F)C1. The summed E-state index contributed by atoms with van der Waals surface area (Å²) in [4.78, 5) is 20.6. The number of anilines is 3. The Hall–Kier alpha value is -2.13. The second-order valence-corrected chi connectivity index (χ2v) is 9.54. The van der Waals surface area contributed by atoms with Crippen LogP contribution in [0.2, 0.25) is 5.02 Å². The van der Waals surface area contributed by atoms with Gasteiger partial charge in [0.25, 0.3) is 0 Å². The molecule has 32 heavy (non-hydrogen) atoms. The smallest absolute Gasteiger partial charge is 0.369 e. The van der Waals surface area contributed by atoms with Crippen LogP contribution in [0.25, 0.3) is 0 Å². The van der Waals surface area contributed by atoms with Crippen LogP contribution >= 0.6 is 23.4 Å². The molecule has 4 rings (SSSR count). The molecular formula is C22H24ClF3N4OS. The summed E-state index contributed by atoms with van der Waals surface area (Å²) >= 11 is 8.39. The number of carbonyl (C=O) groups is 1. The number of benzene rings is 1. The fourth-order valence-electron chi connectivity index (χ4n) is 4.14. The number of amides is 1. The molecule has 2 aliphatic rings. The molecular weight excluding hydrogens is 461 g/mol. The first kappa shape index (κ1) is 23.0. The number of halogens is 4. The Morgan fingerprint density at radius 2 is 1.94 bits per heavy atom. The summed E-state index contributed by atoms with van der Waals surface area (Å²) in [6, 6.07) is 7.76. The monoisotopic (exact) mass is 484 g/mol. The van der Waals surface area contributed by atoms with Gasteiger partial charge in [0.2, 0.25) is 5.91 Å². The van der Waals surface area contributed by atoms with Gasteiger partial charge in [-0.05, 0) is 43.2 Å². The second kappa shape index (κ2) is 9.79. The maximum atomic E-state index is 13.4. The first-order valence-corrected chi connectivity index (χ1v) is 12.1. The maximum absolute atomic E-state index is 13.4. The molecule has 2 fully saturated rings. The van der Waals surface area contributed by atoms with E-state index in [1.54, 1.807) is 11.0 Å². The van der Waals surface area contributed by atoms with Crippen LogP contribution in [0.3, 0.4) is 0 Å². The molecule has 10 heteroatoms. The number of aromatic nitrogens is 1. The summed E-state index contributed by atoms with van der Waals surface area (Å²) in [6.07, 6.45) is -1.93. The van der Waals surface area contributed by atoms with E-state index in [4.69, 9.17) is 11.6 Å². The van der Waals surface area contributed by atoms with Crippen molar-refractivity contribution in [2.45, 2.75) is 19.0 Å². The molecule has 2 aromatic rings. The van der Waals surface area contributed by atoms with Crippen LogP contribution in [-0.4, -0.2) is 48.6 Å². The Morgan fingerprint density at radius 1 is 1.16 bits per heavy atom. The zero-order chi connectivity index (χ0) is 22.7. The summed E-state index contributed by atoms with van der Waals surface area (Å²) in [5.74, 6) is 1.32. The van der Waals surface area contributed by atoms with Crippen LogP contribution in [0.1, 0.15) is 18.4 Å². The molecule has 172 valence electrons. The molecule has 2 aliphatic heterocycles. The van der Waals surface area contributed by atoms with Gasteiger partial charge in [0.15, 0.2) is 0 Å². The van der Waals surface area contributed by atoms with Gasteiger partial charge in [-0.1, -0.05) is 11.6 Å². The van der Waals surface area contributed by atoms with Crippen molar-refractivity contribution in [2.24, 2.45) is 5.92 Å². The zero-order valence-electron chi connectivity index (χ0n) is 17.4. The van der Waals surface area contributed by atoms with Gasteiger partial charge in [0.1, 0.15) is 5.82 Å².